The summed E-state index contributed by atoms with van der Waals surface area (Å²) in [4.78, 5) is 27.4. The van der Waals surface area contributed by atoms with Gasteiger partial charge in [-0.2, -0.15) is 0 Å². The molecule has 1 N–H and O–H groups in total. The van der Waals surface area contributed by atoms with Gasteiger partial charge in [0.15, 0.2) is 11.4 Å². The van der Waals surface area contributed by atoms with Gasteiger partial charge in [-0.3, -0.25) is 9.59 Å². The van der Waals surface area contributed by atoms with Crippen molar-refractivity contribution in [2.45, 2.75) is 18.4 Å². The van der Waals surface area contributed by atoms with Gasteiger partial charge < -0.3 is 10.0 Å². The van der Waals surface area contributed by atoms with Gasteiger partial charge in [-0.15, -0.1) is 0 Å². The number of carbonyl (C=O) groups excluding carboxylic acids is 2. The van der Waals surface area contributed by atoms with Gasteiger partial charge in [-0.25, -0.2) is 0 Å². The maximum atomic E-state index is 13.2. The van der Waals surface area contributed by atoms with Crippen LogP contribution in [0, 0.1) is 0 Å². The van der Waals surface area contributed by atoms with E-state index in [4.69, 9.17) is 0 Å². The molecule has 4 rings (SSSR count). The van der Waals surface area contributed by atoms with Crippen molar-refractivity contribution in [3.8, 4) is 0 Å². The van der Waals surface area contributed by atoms with Gasteiger partial charge >= 0.3 is 0 Å². The van der Waals surface area contributed by atoms with Gasteiger partial charge in [-0.1, -0.05) is 84.9 Å². The molecule has 0 saturated carbocycles. The lowest BCUT2D eigenvalue weighted by Crippen LogP contribution is -2.42. The van der Waals surface area contributed by atoms with Crippen molar-refractivity contribution in [2.75, 3.05) is 11.4 Å². The Morgan fingerprint density at radius 1 is 0.900 bits per heavy atom. The Kier molecular flexibility index (Phi) is 5.59. The SMILES string of the molecule is O=C(/C=C/c1ccccc1)C[C@@]1(O)C(=O)N(CCc2ccccc2)c2ccccc21. The van der Waals surface area contributed by atoms with Crippen LogP contribution in [0.3, 0.4) is 0 Å². The largest absolute Gasteiger partial charge is 0.375 e. The quantitative estimate of drug-likeness (QED) is 0.610. The zero-order valence-electron chi connectivity index (χ0n) is 16.6. The average Bonchev–Trinajstić information content (AvgIpc) is 2.99. The summed E-state index contributed by atoms with van der Waals surface area (Å²) in [6.07, 6.45) is 3.51. The molecule has 150 valence electrons. The summed E-state index contributed by atoms with van der Waals surface area (Å²) in [5.41, 5.74) is 1.32. The molecule has 4 heteroatoms. The molecule has 1 aliphatic heterocycles. The number of para-hydroxylation sites is 1. The van der Waals surface area contributed by atoms with E-state index in [1.165, 1.54) is 6.08 Å². The molecule has 1 amide bonds. The van der Waals surface area contributed by atoms with Crippen LogP contribution in [-0.2, 0) is 21.6 Å². The Morgan fingerprint density at radius 2 is 1.53 bits per heavy atom. The lowest BCUT2D eigenvalue weighted by Gasteiger charge is -2.22. The van der Waals surface area contributed by atoms with Gasteiger partial charge in [0.1, 0.15) is 0 Å². The molecule has 0 bridgehead atoms. The molecule has 1 atom stereocenters. The summed E-state index contributed by atoms with van der Waals surface area (Å²) >= 11 is 0. The molecule has 0 unspecified atom stereocenters. The lowest BCUT2D eigenvalue weighted by atomic mass is 9.89. The minimum atomic E-state index is -1.84. The zero-order chi connectivity index (χ0) is 21.0. The Labute approximate surface area is 176 Å². The number of hydrogen-bond acceptors (Lipinski definition) is 3. The van der Waals surface area contributed by atoms with Crippen molar-refractivity contribution < 1.29 is 14.7 Å². The Bertz CT molecular complexity index is 1080. The zero-order valence-corrected chi connectivity index (χ0v) is 16.6. The average molecular weight is 397 g/mol. The van der Waals surface area contributed by atoms with E-state index < -0.39 is 11.5 Å². The van der Waals surface area contributed by atoms with Gasteiger partial charge in [0.05, 0.1) is 12.1 Å². The molecule has 0 aromatic heterocycles. The normalized spacial score (nSPS) is 18.0. The van der Waals surface area contributed by atoms with Crippen LogP contribution >= 0.6 is 0 Å². The monoisotopic (exact) mass is 397 g/mol. The van der Waals surface area contributed by atoms with Crippen LogP contribution in [0.5, 0.6) is 0 Å². The third kappa shape index (κ3) is 3.95. The highest BCUT2D eigenvalue weighted by atomic mass is 16.3. The second kappa shape index (κ2) is 8.47. The van der Waals surface area contributed by atoms with E-state index in [1.54, 1.807) is 23.1 Å². The molecular weight excluding hydrogens is 374 g/mol. The molecule has 1 heterocycles. The highest BCUT2D eigenvalue weighted by molar-refractivity contribution is 6.10. The number of fused-ring (bicyclic) bond motifs is 1. The summed E-state index contributed by atoms with van der Waals surface area (Å²) in [5.74, 6) is -0.740. The molecule has 30 heavy (non-hydrogen) atoms. The van der Waals surface area contributed by atoms with Crippen molar-refractivity contribution in [3.63, 3.8) is 0 Å². The van der Waals surface area contributed by atoms with Crippen LogP contribution < -0.4 is 4.90 Å². The van der Waals surface area contributed by atoms with E-state index in [2.05, 4.69) is 0 Å². The van der Waals surface area contributed by atoms with Crippen LogP contribution in [0.25, 0.3) is 6.08 Å². The van der Waals surface area contributed by atoms with Crippen molar-refractivity contribution in [2.24, 2.45) is 0 Å². The molecule has 1 aliphatic rings. The van der Waals surface area contributed by atoms with Gasteiger partial charge in [0.25, 0.3) is 5.91 Å². The number of carbonyl (C=O) groups is 2. The fourth-order valence-corrected chi connectivity index (χ4v) is 3.85. The first kappa shape index (κ1) is 19.8. The van der Waals surface area contributed by atoms with E-state index in [-0.39, 0.29) is 12.2 Å². The minimum Gasteiger partial charge on any atom is -0.375 e. The van der Waals surface area contributed by atoms with Crippen LogP contribution in [0.4, 0.5) is 5.69 Å². The third-order valence-corrected chi connectivity index (χ3v) is 5.40. The number of amides is 1. The predicted octanol–water partition coefficient (Wildman–Crippen LogP) is 4.14. The van der Waals surface area contributed by atoms with E-state index in [0.717, 1.165) is 11.1 Å². The molecule has 0 radical (unpaired) electrons. The number of aliphatic hydroxyl groups is 1. The number of hydrogen-bond donors (Lipinski definition) is 1. The van der Waals surface area contributed by atoms with Crippen molar-refractivity contribution >= 4 is 23.5 Å². The first-order valence-corrected chi connectivity index (χ1v) is 10.0. The number of anilines is 1. The van der Waals surface area contributed by atoms with Crippen LogP contribution in [0.1, 0.15) is 23.1 Å². The number of ketones is 1. The minimum absolute atomic E-state index is 0.284. The maximum Gasteiger partial charge on any atom is 0.264 e. The molecule has 0 spiro atoms. The molecule has 0 fully saturated rings. The first-order valence-electron chi connectivity index (χ1n) is 10.0. The molecule has 0 aliphatic carbocycles. The lowest BCUT2D eigenvalue weighted by molar-refractivity contribution is -0.140. The number of allylic oxidation sites excluding steroid dienone is 1. The van der Waals surface area contributed by atoms with E-state index >= 15 is 0 Å². The number of benzene rings is 3. The molecule has 4 nitrogen and oxygen atoms in total. The van der Waals surface area contributed by atoms with Crippen molar-refractivity contribution in [1.82, 2.24) is 0 Å². The molecule has 3 aromatic rings. The standard InChI is InChI=1S/C26H23NO3/c28-22(16-15-20-9-3-1-4-10-20)19-26(30)23-13-7-8-14-24(23)27(25(26)29)18-17-21-11-5-2-6-12-21/h1-16,30H,17-19H2/b16-15+/t26-/m0/s1. The summed E-state index contributed by atoms with van der Waals surface area (Å²) in [5, 5.41) is 11.3. The molecular formula is C26H23NO3. The fraction of sp³-hybridized carbons (Fsp3) is 0.154. The van der Waals surface area contributed by atoms with Crippen molar-refractivity contribution in [3.05, 3.63) is 108 Å². The topological polar surface area (TPSA) is 57.6 Å². The maximum absolute atomic E-state index is 13.2. The Hall–Kier alpha value is -3.50. The summed E-state index contributed by atoms with van der Waals surface area (Å²) < 4.78 is 0. The Morgan fingerprint density at radius 3 is 2.27 bits per heavy atom. The highest BCUT2D eigenvalue weighted by Gasteiger charge is 2.50. The summed E-state index contributed by atoms with van der Waals surface area (Å²) in [7, 11) is 0. The predicted molar refractivity (Wildman–Crippen MR) is 118 cm³/mol. The number of nitrogens with zero attached hydrogens (tertiary/aromatic N) is 1. The first-order chi connectivity index (χ1) is 14.6. The summed E-state index contributed by atoms with van der Waals surface area (Å²) in [6.45, 7) is 0.441. The highest BCUT2D eigenvalue weighted by Crippen LogP contribution is 2.42. The third-order valence-electron chi connectivity index (χ3n) is 5.40. The smallest absolute Gasteiger partial charge is 0.264 e. The van der Waals surface area contributed by atoms with Crippen LogP contribution in [0.2, 0.25) is 0 Å². The fourth-order valence-electron chi connectivity index (χ4n) is 3.85. The van der Waals surface area contributed by atoms with Crippen molar-refractivity contribution in [1.29, 1.82) is 0 Å². The number of rotatable bonds is 7. The van der Waals surface area contributed by atoms with E-state index in [9.17, 15) is 14.7 Å². The molecule has 0 saturated heterocycles. The van der Waals surface area contributed by atoms with Gasteiger partial charge in [0.2, 0.25) is 0 Å². The van der Waals surface area contributed by atoms with E-state index in [0.29, 0.717) is 24.2 Å². The summed E-state index contributed by atoms with van der Waals surface area (Å²) in [6, 6.07) is 26.5. The second-order valence-electron chi connectivity index (χ2n) is 7.46. The van der Waals surface area contributed by atoms with E-state index in [1.807, 2.05) is 72.8 Å². The second-order valence-corrected chi connectivity index (χ2v) is 7.46. The Balaban J connectivity index is 1.54. The van der Waals surface area contributed by atoms with Gasteiger partial charge in [-0.05, 0) is 29.7 Å². The van der Waals surface area contributed by atoms with Crippen LogP contribution in [0.15, 0.2) is 91.0 Å². The van der Waals surface area contributed by atoms with Gasteiger partial charge in [0, 0.05) is 12.1 Å². The molecule has 3 aromatic carbocycles. The van der Waals surface area contributed by atoms with Crippen LogP contribution in [-0.4, -0.2) is 23.3 Å².